The Morgan fingerprint density at radius 3 is 1.22 bits per heavy atom. The first kappa shape index (κ1) is 35.9. The van der Waals surface area contributed by atoms with E-state index in [4.69, 9.17) is 0 Å². The Balaban J connectivity index is 0.896. The van der Waals surface area contributed by atoms with Crippen LogP contribution in [0.25, 0.3) is 75.8 Å². The van der Waals surface area contributed by atoms with Gasteiger partial charge in [-0.2, -0.15) is 0 Å². The van der Waals surface area contributed by atoms with Crippen LogP contribution in [0, 0.1) is 0 Å². The second-order valence-electron chi connectivity index (χ2n) is 16.8. The van der Waals surface area contributed by atoms with Crippen LogP contribution in [0.3, 0.4) is 0 Å². The molecule has 0 unspecified atom stereocenters. The molecule has 0 saturated carbocycles. The van der Waals surface area contributed by atoms with Crippen LogP contribution in [0.4, 0.5) is 17.1 Å². The van der Waals surface area contributed by atoms with Gasteiger partial charge in [0.25, 0.3) is 0 Å². The van der Waals surface area contributed by atoms with Crippen molar-refractivity contribution in [3.05, 3.63) is 259 Å². The number of thiophene rings is 1. The highest BCUT2D eigenvalue weighted by atomic mass is 32.1. The Bertz CT molecular complexity index is 3400. The van der Waals surface area contributed by atoms with Crippen molar-refractivity contribution >= 4 is 48.6 Å². The van der Waals surface area contributed by atoms with Crippen LogP contribution in [0.15, 0.2) is 237 Å². The van der Waals surface area contributed by atoms with Crippen molar-refractivity contribution in [1.82, 2.24) is 0 Å². The lowest BCUT2D eigenvalue weighted by Gasteiger charge is -2.30. The van der Waals surface area contributed by atoms with Crippen LogP contribution < -0.4 is 4.90 Å². The number of rotatable bonds is 6. The summed E-state index contributed by atoms with van der Waals surface area (Å²) in [7, 11) is 0. The summed E-state index contributed by atoms with van der Waals surface area (Å²) < 4.78 is 2.68. The van der Waals surface area contributed by atoms with E-state index < -0.39 is 0 Å². The maximum Gasteiger partial charge on any atom is 0.0726 e. The molecular weight excluding hydrogens is 779 g/mol. The largest absolute Gasteiger partial charge is 0.311 e. The molecule has 0 saturated heterocycles. The second kappa shape index (κ2) is 14.1. The zero-order valence-electron chi connectivity index (χ0n) is 34.4. The molecule has 0 fully saturated rings. The monoisotopic (exact) mass is 817 g/mol. The molecular formula is C61H39NS. The molecule has 1 spiro atoms. The molecule has 0 N–H and O–H groups in total. The van der Waals surface area contributed by atoms with Gasteiger partial charge in [0.05, 0.1) is 5.41 Å². The van der Waals surface area contributed by atoms with E-state index in [-0.39, 0.29) is 5.41 Å². The Kier molecular flexibility index (Phi) is 8.06. The quantitative estimate of drug-likeness (QED) is 0.162. The number of fused-ring (bicyclic) bond motifs is 14. The molecule has 0 amide bonds. The molecule has 10 aromatic carbocycles. The van der Waals surface area contributed by atoms with Crippen molar-refractivity contribution in [3.63, 3.8) is 0 Å². The molecule has 2 heteroatoms. The van der Waals surface area contributed by atoms with Crippen molar-refractivity contribution in [2.75, 3.05) is 4.90 Å². The zero-order valence-corrected chi connectivity index (χ0v) is 35.2. The molecule has 1 nitrogen and oxygen atoms in total. The lowest BCUT2D eigenvalue weighted by Crippen LogP contribution is -2.25. The molecule has 1 heterocycles. The van der Waals surface area contributed by atoms with E-state index >= 15 is 0 Å². The third-order valence-electron chi connectivity index (χ3n) is 13.5. The van der Waals surface area contributed by atoms with Gasteiger partial charge in [-0.3, -0.25) is 0 Å². The van der Waals surface area contributed by atoms with Crippen molar-refractivity contribution in [2.45, 2.75) is 5.41 Å². The normalized spacial score (nSPS) is 12.9. The first-order valence-electron chi connectivity index (χ1n) is 21.7. The lowest BCUT2D eigenvalue weighted by molar-refractivity contribution is 0.794. The zero-order chi connectivity index (χ0) is 41.5. The van der Waals surface area contributed by atoms with E-state index in [1.807, 2.05) is 11.3 Å². The van der Waals surface area contributed by atoms with Gasteiger partial charge in [0.15, 0.2) is 0 Å². The number of hydrogen-bond donors (Lipinski definition) is 0. The van der Waals surface area contributed by atoms with E-state index in [0.29, 0.717) is 0 Å². The first-order chi connectivity index (χ1) is 31.2. The molecule has 2 aliphatic carbocycles. The van der Waals surface area contributed by atoms with E-state index in [1.165, 1.54) is 98.1 Å². The van der Waals surface area contributed by atoms with Gasteiger partial charge in [-0.25, -0.2) is 0 Å². The maximum atomic E-state index is 2.44. The van der Waals surface area contributed by atoms with Gasteiger partial charge in [-0.15, -0.1) is 11.3 Å². The van der Waals surface area contributed by atoms with Gasteiger partial charge in [0, 0.05) is 42.8 Å². The third-order valence-corrected chi connectivity index (χ3v) is 14.7. The van der Waals surface area contributed by atoms with Gasteiger partial charge < -0.3 is 4.90 Å². The highest BCUT2D eigenvalue weighted by molar-refractivity contribution is 7.26. The molecule has 0 radical (unpaired) electrons. The Hall–Kier alpha value is -7.78. The molecule has 0 bridgehead atoms. The summed E-state index contributed by atoms with van der Waals surface area (Å²) in [6, 6.07) is 87.3. The van der Waals surface area contributed by atoms with Gasteiger partial charge in [-0.05, 0) is 115 Å². The van der Waals surface area contributed by atoms with Crippen LogP contribution in [0.5, 0.6) is 0 Å². The van der Waals surface area contributed by atoms with Crippen LogP contribution in [0.2, 0.25) is 0 Å². The van der Waals surface area contributed by atoms with E-state index in [1.54, 1.807) is 0 Å². The third kappa shape index (κ3) is 5.42. The van der Waals surface area contributed by atoms with Gasteiger partial charge >= 0.3 is 0 Å². The van der Waals surface area contributed by atoms with Crippen LogP contribution in [-0.4, -0.2) is 0 Å². The number of nitrogens with zero attached hydrogens (tertiary/aromatic N) is 1. The van der Waals surface area contributed by atoms with Crippen LogP contribution >= 0.6 is 11.3 Å². The molecule has 0 aliphatic heterocycles. The molecule has 63 heavy (non-hydrogen) atoms. The molecule has 11 aromatic rings. The highest BCUT2D eigenvalue weighted by Crippen LogP contribution is 2.64. The van der Waals surface area contributed by atoms with Gasteiger partial charge in [0.1, 0.15) is 0 Å². The topological polar surface area (TPSA) is 3.24 Å². The Morgan fingerprint density at radius 1 is 0.302 bits per heavy atom. The predicted molar refractivity (Wildman–Crippen MR) is 267 cm³/mol. The average Bonchev–Trinajstić information content (AvgIpc) is 3.99. The summed E-state index contributed by atoms with van der Waals surface area (Å²) >= 11 is 1.94. The Labute approximate surface area is 371 Å². The Morgan fingerprint density at radius 2 is 0.698 bits per heavy atom. The number of hydrogen-bond acceptors (Lipinski definition) is 2. The highest BCUT2D eigenvalue weighted by Gasteiger charge is 2.52. The van der Waals surface area contributed by atoms with Crippen molar-refractivity contribution < 1.29 is 0 Å². The standard InChI is InChI=1S/C61H39NS/c1-3-13-40(14-4-1)42-23-30-46(31-24-42)62(47-32-25-43(26-33-47)41-15-5-2-6-16-41)48-34-27-44(28-35-48)45-29-36-51-52-37-38-57-59(60(52)63-58(51)39-45)53-19-9-12-22-56(53)61(57)54-20-10-7-17-49(54)50-18-8-11-21-55(50)61/h1-39H. The van der Waals surface area contributed by atoms with Crippen LogP contribution in [-0.2, 0) is 5.41 Å². The lowest BCUT2D eigenvalue weighted by atomic mass is 9.70. The van der Waals surface area contributed by atoms with E-state index in [2.05, 4.69) is 241 Å². The summed E-state index contributed by atoms with van der Waals surface area (Å²) in [4.78, 5) is 2.36. The number of benzene rings is 10. The summed E-state index contributed by atoms with van der Waals surface area (Å²) in [6.45, 7) is 0. The van der Waals surface area contributed by atoms with Gasteiger partial charge in [0.2, 0.25) is 0 Å². The fourth-order valence-corrected chi connectivity index (χ4v) is 12.0. The summed E-state index contributed by atoms with van der Waals surface area (Å²) in [5.41, 5.74) is 21.2. The van der Waals surface area contributed by atoms with E-state index in [0.717, 1.165) is 17.1 Å². The molecule has 13 rings (SSSR count). The summed E-state index contributed by atoms with van der Waals surface area (Å²) in [5.74, 6) is 0. The van der Waals surface area contributed by atoms with Crippen molar-refractivity contribution in [3.8, 4) is 55.6 Å². The minimum Gasteiger partial charge on any atom is -0.311 e. The first-order valence-corrected chi connectivity index (χ1v) is 22.6. The number of anilines is 3. The molecule has 2 aliphatic rings. The van der Waals surface area contributed by atoms with Gasteiger partial charge in [-0.1, -0.05) is 194 Å². The fraction of sp³-hybridized carbons (Fsp3) is 0.0164. The average molecular weight is 818 g/mol. The minimum absolute atomic E-state index is 0.335. The summed E-state index contributed by atoms with van der Waals surface area (Å²) in [6.07, 6.45) is 0. The summed E-state index contributed by atoms with van der Waals surface area (Å²) in [5, 5.41) is 2.64. The van der Waals surface area contributed by atoms with Crippen LogP contribution in [0.1, 0.15) is 22.3 Å². The molecule has 1 aromatic heterocycles. The SMILES string of the molecule is c1ccc(-c2ccc(N(c3ccc(-c4ccccc4)cc3)c3ccc(-c4ccc5c(c4)sc4c6c(ccc45)C4(c5ccccc5-c5ccccc54)c4ccccc4-6)cc3)cc2)cc1. The van der Waals surface area contributed by atoms with Crippen molar-refractivity contribution in [1.29, 1.82) is 0 Å². The predicted octanol–water partition coefficient (Wildman–Crippen LogP) is 16.9. The maximum absolute atomic E-state index is 2.44. The minimum atomic E-state index is -0.335. The van der Waals surface area contributed by atoms with E-state index in [9.17, 15) is 0 Å². The fourth-order valence-electron chi connectivity index (χ4n) is 10.7. The smallest absolute Gasteiger partial charge is 0.0726 e. The molecule has 0 atom stereocenters. The second-order valence-corrected chi connectivity index (χ2v) is 17.8. The van der Waals surface area contributed by atoms with Crippen molar-refractivity contribution in [2.24, 2.45) is 0 Å². The molecule has 294 valence electrons.